The molecule has 2 nitrogen and oxygen atoms in total. The maximum Gasteiger partial charge on any atom is 0.137 e. The highest BCUT2D eigenvalue weighted by molar-refractivity contribution is 7.98. The predicted octanol–water partition coefficient (Wildman–Crippen LogP) is 4.14. The van der Waals surface area contributed by atoms with Crippen molar-refractivity contribution in [2.75, 3.05) is 6.26 Å². The Bertz CT molecular complexity index is 594. The molecule has 19 heavy (non-hydrogen) atoms. The molecule has 0 heterocycles. The predicted molar refractivity (Wildman–Crippen MR) is 85.4 cm³/mol. The normalized spacial score (nSPS) is 10.2. The van der Waals surface area contributed by atoms with Crippen molar-refractivity contribution in [2.24, 2.45) is 5.73 Å². The van der Waals surface area contributed by atoms with E-state index < -0.39 is 0 Å². The molecule has 2 aromatic carbocycles. The summed E-state index contributed by atoms with van der Waals surface area (Å²) < 4.78 is 5.87. The van der Waals surface area contributed by atoms with Crippen LogP contribution in [0.4, 0.5) is 0 Å². The highest BCUT2D eigenvalue weighted by Gasteiger charge is 2.08. The van der Waals surface area contributed by atoms with Crippen molar-refractivity contribution in [2.45, 2.75) is 11.8 Å². The minimum Gasteiger partial charge on any atom is -0.457 e. The molecule has 2 N–H and O–H groups in total. The minimum absolute atomic E-state index is 0.343. The first-order valence-corrected chi connectivity index (χ1v) is 7.46. The van der Waals surface area contributed by atoms with Gasteiger partial charge in [0, 0.05) is 4.90 Å². The summed E-state index contributed by atoms with van der Waals surface area (Å²) in [4.78, 5) is 1.54. The average Bonchev–Trinajstić information content (AvgIpc) is 2.39. The van der Waals surface area contributed by atoms with Crippen molar-refractivity contribution in [1.29, 1.82) is 0 Å². The van der Waals surface area contributed by atoms with Gasteiger partial charge in [-0.05, 0) is 55.1 Å². The van der Waals surface area contributed by atoms with E-state index in [4.69, 9.17) is 22.7 Å². The van der Waals surface area contributed by atoms with Gasteiger partial charge in [-0.25, -0.2) is 0 Å². The van der Waals surface area contributed by atoms with Crippen LogP contribution in [0.3, 0.4) is 0 Å². The number of benzene rings is 2. The second-order valence-electron chi connectivity index (χ2n) is 4.14. The van der Waals surface area contributed by atoms with Gasteiger partial charge < -0.3 is 10.5 Å². The van der Waals surface area contributed by atoms with E-state index in [1.807, 2.05) is 55.6 Å². The van der Waals surface area contributed by atoms with Gasteiger partial charge in [-0.3, -0.25) is 0 Å². The van der Waals surface area contributed by atoms with Gasteiger partial charge in [0.15, 0.2) is 0 Å². The first kappa shape index (κ1) is 13.9. The van der Waals surface area contributed by atoms with E-state index in [0.29, 0.717) is 10.7 Å². The van der Waals surface area contributed by atoms with Gasteiger partial charge in [-0.1, -0.05) is 18.3 Å². The van der Waals surface area contributed by atoms with Crippen LogP contribution in [0.25, 0.3) is 0 Å². The summed E-state index contributed by atoms with van der Waals surface area (Å²) in [5.41, 5.74) is 7.58. The third-order valence-electron chi connectivity index (χ3n) is 2.69. The smallest absolute Gasteiger partial charge is 0.137 e. The van der Waals surface area contributed by atoms with Gasteiger partial charge in [0.1, 0.15) is 16.5 Å². The second-order valence-corrected chi connectivity index (χ2v) is 5.46. The van der Waals surface area contributed by atoms with Crippen LogP contribution in [-0.2, 0) is 0 Å². The van der Waals surface area contributed by atoms with Crippen molar-refractivity contribution < 1.29 is 4.74 Å². The quantitative estimate of drug-likeness (QED) is 0.677. The van der Waals surface area contributed by atoms with E-state index in [-0.39, 0.29) is 0 Å². The van der Waals surface area contributed by atoms with Crippen LogP contribution in [0.1, 0.15) is 11.1 Å². The molecular weight excluding hydrogens is 274 g/mol. The van der Waals surface area contributed by atoms with Gasteiger partial charge >= 0.3 is 0 Å². The number of thioether (sulfide) groups is 1. The number of nitrogens with two attached hydrogens (primary N) is 1. The maximum absolute atomic E-state index is 5.87. The number of aryl methyl sites for hydroxylation is 1. The van der Waals surface area contributed by atoms with Crippen LogP contribution in [0, 0.1) is 6.92 Å². The molecule has 0 saturated heterocycles. The number of ether oxygens (including phenoxy) is 1. The highest BCUT2D eigenvalue weighted by Crippen LogP contribution is 2.28. The van der Waals surface area contributed by atoms with Crippen LogP contribution >= 0.6 is 24.0 Å². The van der Waals surface area contributed by atoms with E-state index in [1.165, 1.54) is 4.90 Å². The zero-order valence-corrected chi connectivity index (χ0v) is 12.5. The van der Waals surface area contributed by atoms with E-state index in [9.17, 15) is 0 Å². The molecule has 0 aliphatic carbocycles. The third kappa shape index (κ3) is 3.49. The van der Waals surface area contributed by atoms with E-state index in [0.717, 1.165) is 16.9 Å². The summed E-state index contributed by atoms with van der Waals surface area (Å²) in [5, 5.41) is 0. The topological polar surface area (TPSA) is 35.2 Å². The van der Waals surface area contributed by atoms with Crippen LogP contribution in [0.2, 0.25) is 0 Å². The molecule has 0 spiro atoms. The van der Waals surface area contributed by atoms with E-state index in [1.54, 1.807) is 11.8 Å². The Balaban J connectivity index is 2.31. The van der Waals surface area contributed by atoms with E-state index in [2.05, 4.69) is 0 Å². The van der Waals surface area contributed by atoms with Crippen molar-refractivity contribution in [3.05, 3.63) is 53.6 Å². The zero-order valence-electron chi connectivity index (χ0n) is 10.8. The SMILES string of the molecule is CSc1ccc(Oc2cc(C)ccc2C(N)=S)cc1. The largest absolute Gasteiger partial charge is 0.457 e. The fraction of sp³-hybridized carbons (Fsp3) is 0.133. The Morgan fingerprint density at radius 2 is 1.84 bits per heavy atom. The molecule has 0 amide bonds. The fourth-order valence-electron chi connectivity index (χ4n) is 1.69. The molecule has 98 valence electrons. The Kier molecular flexibility index (Phi) is 4.45. The van der Waals surface area contributed by atoms with Crippen LogP contribution in [0.15, 0.2) is 47.4 Å². The Morgan fingerprint density at radius 3 is 2.42 bits per heavy atom. The molecule has 0 aliphatic heterocycles. The Hall–Kier alpha value is -1.52. The highest BCUT2D eigenvalue weighted by atomic mass is 32.2. The molecule has 0 radical (unpaired) electrons. The molecule has 0 atom stereocenters. The van der Waals surface area contributed by atoms with Gasteiger partial charge in [0.05, 0.1) is 5.56 Å². The summed E-state index contributed by atoms with van der Waals surface area (Å²) in [7, 11) is 0. The average molecular weight is 289 g/mol. The van der Waals surface area contributed by atoms with Crippen LogP contribution in [-0.4, -0.2) is 11.2 Å². The van der Waals surface area contributed by atoms with Gasteiger partial charge in [0.25, 0.3) is 0 Å². The van der Waals surface area contributed by atoms with Crippen molar-refractivity contribution >= 4 is 29.0 Å². The monoisotopic (exact) mass is 289 g/mol. The molecule has 0 aliphatic rings. The van der Waals surface area contributed by atoms with E-state index >= 15 is 0 Å². The number of hydrogen-bond donors (Lipinski definition) is 1. The number of rotatable bonds is 4. The van der Waals surface area contributed by atoms with Gasteiger partial charge in [0.2, 0.25) is 0 Å². The molecule has 0 saturated carbocycles. The van der Waals surface area contributed by atoms with Crippen molar-refractivity contribution in [3.63, 3.8) is 0 Å². The lowest BCUT2D eigenvalue weighted by Crippen LogP contribution is -2.10. The summed E-state index contributed by atoms with van der Waals surface area (Å²) >= 11 is 6.74. The molecule has 0 unspecified atom stereocenters. The molecule has 2 rings (SSSR count). The lowest BCUT2D eigenvalue weighted by atomic mass is 10.1. The minimum atomic E-state index is 0.343. The van der Waals surface area contributed by atoms with Crippen molar-refractivity contribution in [3.8, 4) is 11.5 Å². The summed E-state index contributed by atoms with van der Waals surface area (Å²) in [6.07, 6.45) is 2.04. The number of hydrogen-bond acceptors (Lipinski definition) is 3. The van der Waals surface area contributed by atoms with Crippen LogP contribution < -0.4 is 10.5 Å². The molecular formula is C15H15NOS2. The van der Waals surface area contributed by atoms with Gasteiger partial charge in [-0.15, -0.1) is 11.8 Å². The fourth-order valence-corrected chi connectivity index (χ4v) is 2.27. The summed E-state index contributed by atoms with van der Waals surface area (Å²) in [6.45, 7) is 2.01. The zero-order chi connectivity index (χ0) is 13.8. The summed E-state index contributed by atoms with van der Waals surface area (Å²) in [5.74, 6) is 1.48. The summed E-state index contributed by atoms with van der Waals surface area (Å²) in [6, 6.07) is 13.7. The first-order valence-electron chi connectivity index (χ1n) is 5.82. The lowest BCUT2D eigenvalue weighted by Gasteiger charge is -2.11. The van der Waals surface area contributed by atoms with Crippen molar-refractivity contribution in [1.82, 2.24) is 0 Å². The number of thiocarbonyl (C=S) groups is 1. The third-order valence-corrected chi connectivity index (χ3v) is 3.65. The lowest BCUT2D eigenvalue weighted by molar-refractivity contribution is 0.481. The Morgan fingerprint density at radius 1 is 1.16 bits per heavy atom. The standard InChI is InChI=1S/C15H15NOS2/c1-10-3-8-13(15(16)18)14(9-10)17-11-4-6-12(19-2)7-5-11/h3-9H,1-2H3,(H2,16,18). The molecule has 0 fully saturated rings. The molecule has 2 aromatic rings. The Labute approximate surface area is 123 Å². The first-order chi connectivity index (χ1) is 9.10. The molecule has 0 bridgehead atoms. The molecule has 0 aromatic heterocycles. The molecule has 4 heteroatoms. The second kappa shape index (κ2) is 6.08. The van der Waals surface area contributed by atoms with Crippen LogP contribution in [0.5, 0.6) is 11.5 Å². The maximum atomic E-state index is 5.87. The van der Waals surface area contributed by atoms with Gasteiger partial charge in [-0.2, -0.15) is 0 Å².